The highest BCUT2D eigenvalue weighted by Crippen LogP contribution is 2.24. The summed E-state index contributed by atoms with van der Waals surface area (Å²) < 4.78 is 0. The zero-order chi connectivity index (χ0) is 14.8. The van der Waals surface area contributed by atoms with E-state index in [0.29, 0.717) is 11.6 Å². The molecule has 0 radical (unpaired) electrons. The van der Waals surface area contributed by atoms with Crippen LogP contribution in [0.25, 0.3) is 0 Å². The second-order valence-corrected chi connectivity index (χ2v) is 7.14. The third kappa shape index (κ3) is 3.16. The summed E-state index contributed by atoms with van der Waals surface area (Å²) >= 11 is 1.60. The quantitative estimate of drug-likeness (QED) is 0.869. The van der Waals surface area contributed by atoms with Gasteiger partial charge in [-0.05, 0) is 38.2 Å². The average molecular weight is 300 g/mol. The van der Waals surface area contributed by atoms with Gasteiger partial charge >= 0.3 is 0 Å². The number of rotatable bonds is 3. The van der Waals surface area contributed by atoms with E-state index in [1.165, 1.54) is 5.56 Å². The number of hydrogen-bond donors (Lipinski definition) is 0. The lowest BCUT2D eigenvalue weighted by atomic mass is 9.99. The third-order valence-corrected chi connectivity index (χ3v) is 4.93. The number of likely N-dealkylation sites (tertiary alicyclic amines) is 1. The third-order valence-electron chi connectivity index (χ3n) is 4.05. The minimum absolute atomic E-state index is 0.104. The molecule has 1 fully saturated rings. The summed E-state index contributed by atoms with van der Waals surface area (Å²) in [5.74, 6) is 0.670. The first-order valence-electron chi connectivity index (χ1n) is 7.40. The molecule has 4 heteroatoms. The van der Waals surface area contributed by atoms with E-state index in [4.69, 9.17) is 0 Å². The summed E-state index contributed by atoms with van der Waals surface area (Å²) in [5.41, 5.74) is 2.01. The summed E-state index contributed by atoms with van der Waals surface area (Å²) in [7, 11) is 0. The summed E-state index contributed by atoms with van der Waals surface area (Å²) in [6, 6.07) is 10.5. The molecule has 1 amide bonds. The van der Waals surface area contributed by atoms with Crippen molar-refractivity contribution in [1.82, 2.24) is 9.88 Å². The molecule has 1 aliphatic heterocycles. The number of carbonyl (C=O) groups excluding carboxylic acids is 1. The first-order chi connectivity index (χ1) is 10.1. The summed E-state index contributed by atoms with van der Waals surface area (Å²) in [5, 5.41) is 0.968. The van der Waals surface area contributed by atoms with Crippen molar-refractivity contribution in [2.24, 2.45) is 5.92 Å². The van der Waals surface area contributed by atoms with Crippen molar-refractivity contribution >= 4 is 17.2 Å². The van der Waals surface area contributed by atoms with Gasteiger partial charge in [0.05, 0.1) is 5.01 Å². The van der Waals surface area contributed by atoms with Crippen molar-refractivity contribution in [2.45, 2.75) is 26.7 Å². The molecule has 3 nitrogen and oxygen atoms in total. The van der Waals surface area contributed by atoms with E-state index < -0.39 is 0 Å². The maximum atomic E-state index is 12.5. The summed E-state index contributed by atoms with van der Waals surface area (Å²) in [6.45, 7) is 5.64. The fraction of sp³-hybridized carbons (Fsp3) is 0.412. The molecule has 0 N–H and O–H groups in total. The van der Waals surface area contributed by atoms with Crippen LogP contribution in [0.2, 0.25) is 0 Å². The highest BCUT2D eigenvalue weighted by Gasteiger charge is 2.29. The van der Waals surface area contributed by atoms with Gasteiger partial charge in [-0.15, -0.1) is 11.3 Å². The Balaban J connectivity index is 1.64. The van der Waals surface area contributed by atoms with E-state index in [-0.39, 0.29) is 5.91 Å². The van der Waals surface area contributed by atoms with Crippen molar-refractivity contribution in [3.05, 3.63) is 51.5 Å². The van der Waals surface area contributed by atoms with E-state index in [1.54, 1.807) is 11.3 Å². The van der Waals surface area contributed by atoms with E-state index >= 15 is 0 Å². The van der Waals surface area contributed by atoms with Crippen LogP contribution in [-0.4, -0.2) is 28.9 Å². The smallest absolute Gasteiger partial charge is 0.273 e. The topological polar surface area (TPSA) is 33.2 Å². The van der Waals surface area contributed by atoms with E-state index in [0.717, 1.165) is 35.8 Å². The SMILES string of the molecule is Cc1nc(C(=O)N2CCC(Cc3ccccc3)C2)c(C)s1. The van der Waals surface area contributed by atoms with Gasteiger partial charge in [0.15, 0.2) is 0 Å². The van der Waals surface area contributed by atoms with Crippen LogP contribution in [0, 0.1) is 19.8 Å². The molecule has 3 rings (SSSR count). The number of amides is 1. The number of aryl methyl sites for hydroxylation is 2. The minimum atomic E-state index is 0.104. The fourth-order valence-corrected chi connectivity index (χ4v) is 3.82. The van der Waals surface area contributed by atoms with Crippen molar-refractivity contribution in [3.8, 4) is 0 Å². The Morgan fingerprint density at radius 2 is 2.10 bits per heavy atom. The van der Waals surface area contributed by atoms with Crippen LogP contribution in [0.15, 0.2) is 30.3 Å². The van der Waals surface area contributed by atoms with E-state index in [9.17, 15) is 4.79 Å². The second-order valence-electron chi connectivity index (χ2n) is 5.73. The lowest BCUT2D eigenvalue weighted by Crippen LogP contribution is -2.29. The monoisotopic (exact) mass is 300 g/mol. The van der Waals surface area contributed by atoms with Gasteiger partial charge in [-0.3, -0.25) is 4.79 Å². The van der Waals surface area contributed by atoms with Crippen LogP contribution in [0.1, 0.15) is 32.4 Å². The Hall–Kier alpha value is -1.68. The number of carbonyl (C=O) groups is 1. The number of hydrogen-bond acceptors (Lipinski definition) is 3. The van der Waals surface area contributed by atoms with Crippen molar-refractivity contribution in [3.63, 3.8) is 0 Å². The molecule has 1 aromatic heterocycles. The van der Waals surface area contributed by atoms with Gasteiger partial charge in [0.1, 0.15) is 5.69 Å². The largest absolute Gasteiger partial charge is 0.337 e. The van der Waals surface area contributed by atoms with Gasteiger partial charge < -0.3 is 4.90 Å². The van der Waals surface area contributed by atoms with Crippen LogP contribution in [-0.2, 0) is 6.42 Å². The number of aromatic nitrogens is 1. The van der Waals surface area contributed by atoms with Crippen molar-refractivity contribution in [2.75, 3.05) is 13.1 Å². The Labute approximate surface area is 129 Å². The molecule has 1 aliphatic rings. The maximum Gasteiger partial charge on any atom is 0.273 e. The van der Waals surface area contributed by atoms with Gasteiger partial charge in [0, 0.05) is 18.0 Å². The zero-order valence-electron chi connectivity index (χ0n) is 12.5. The molecule has 110 valence electrons. The molecule has 2 aromatic rings. The maximum absolute atomic E-state index is 12.5. The number of nitrogens with zero attached hydrogens (tertiary/aromatic N) is 2. The van der Waals surface area contributed by atoms with Crippen LogP contribution in [0.5, 0.6) is 0 Å². The molecule has 0 spiro atoms. The molecule has 1 unspecified atom stereocenters. The Kier molecular flexibility index (Phi) is 4.06. The van der Waals surface area contributed by atoms with Crippen LogP contribution in [0.4, 0.5) is 0 Å². The molecule has 0 aliphatic carbocycles. The molecule has 1 aromatic carbocycles. The van der Waals surface area contributed by atoms with Crippen LogP contribution >= 0.6 is 11.3 Å². The van der Waals surface area contributed by atoms with Gasteiger partial charge in [-0.1, -0.05) is 30.3 Å². The average Bonchev–Trinajstić information content (AvgIpc) is 3.06. The summed E-state index contributed by atoms with van der Waals surface area (Å²) in [6.07, 6.45) is 2.14. The van der Waals surface area contributed by atoms with Crippen LogP contribution < -0.4 is 0 Å². The standard InChI is InChI=1S/C17H20N2OS/c1-12-16(18-13(2)21-12)17(20)19-9-8-15(11-19)10-14-6-4-3-5-7-14/h3-7,15H,8-11H2,1-2H3. The molecule has 21 heavy (non-hydrogen) atoms. The lowest BCUT2D eigenvalue weighted by Gasteiger charge is -2.16. The van der Waals surface area contributed by atoms with Gasteiger partial charge in [0.25, 0.3) is 5.91 Å². The van der Waals surface area contributed by atoms with Crippen molar-refractivity contribution in [1.29, 1.82) is 0 Å². The second kappa shape index (κ2) is 5.98. The summed E-state index contributed by atoms with van der Waals surface area (Å²) in [4.78, 5) is 19.9. The molecule has 0 saturated carbocycles. The minimum Gasteiger partial charge on any atom is -0.337 e. The molecule has 2 heterocycles. The Morgan fingerprint density at radius 3 is 2.76 bits per heavy atom. The molecule has 1 saturated heterocycles. The highest BCUT2D eigenvalue weighted by atomic mass is 32.1. The highest BCUT2D eigenvalue weighted by molar-refractivity contribution is 7.11. The molecular formula is C17H20N2OS. The molecule has 0 bridgehead atoms. The molecular weight excluding hydrogens is 280 g/mol. The zero-order valence-corrected chi connectivity index (χ0v) is 13.3. The predicted octanol–water partition coefficient (Wildman–Crippen LogP) is 3.46. The van der Waals surface area contributed by atoms with Gasteiger partial charge in [-0.25, -0.2) is 4.98 Å². The predicted molar refractivity (Wildman–Crippen MR) is 85.7 cm³/mol. The van der Waals surface area contributed by atoms with Gasteiger partial charge in [0.2, 0.25) is 0 Å². The Bertz CT molecular complexity index is 635. The first kappa shape index (κ1) is 14.3. The number of thiazole rings is 1. The lowest BCUT2D eigenvalue weighted by molar-refractivity contribution is 0.0781. The van der Waals surface area contributed by atoms with Gasteiger partial charge in [-0.2, -0.15) is 0 Å². The normalized spacial score (nSPS) is 18.2. The number of benzene rings is 1. The van der Waals surface area contributed by atoms with Crippen molar-refractivity contribution < 1.29 is 4.79 Å². The first-order valence-corrected chi connectivity index (χ1v) is 8.22. The van der Waals surface area contributed by atoms with Crippen LogP contribution in [0.3, 0.4) is 0 Å². The molecule has 1 atom stereocenters. The fourth-order valence-electron chi connectivity index (χ4n) is 3.01. The van der Waals surface area contributed by atoms with E-state index in [2.05, 4.69) is 29.2 Å². The van der Waals surface area contributed by atoms with E-state index in [1.807, 2.05) is 24.8 Å². The Morgan fingerprint density at radius 1 is 1.33 bits per heavy atom.